The summed E-state index contributed by atoms with van der Waals surface area (Å²) in [5.74, 6) is -2.09. The molecular formula is C12H11FN4O2S. The second-order valence-electron chi connectivity index (χ2n) is 3.74. The molecule has 0 saturated heterocycles. The van der Waals surface area contributed by atoms with Crippen LogP contribution in [-0.2, 0) is 0 Å². The minimum Gasteiger partial charge on any atom is -0.365 e. The van der Waals surface area contributed by atoms with Gasteiger partial charge in [0.05, 0.1) is 5.56 Å². The van der Waals surface area contributed by atoms with E-state index >= 15 is 0 Å². The van der Waals surface area contributed by atoms with Crippen LogP contribution in [0.15, 0.2) is 24.3 Å². The van der Waals surface area contributed by atoms with Crippen LogP contribution in [0, 0.1) is 5.82 Å². The van der Waals surface area contributed by atoms with Gasteiger partial charge >= 0.3 is 0 Å². The summed E-state index contributed by atoms with van der Waals surface area (Å²) >= 11 is 1.04. The number of nitrogens with zero attached hydrogens (tertiary/aromatic N) is 1. The monoisotopic (exact) mass is 294 g/mol. The molecule has 0 atom stereocenters. The normalized spacial score (nSPS) is 10.1. The highest BCUT2D eigenvalue weighted by Crippen LogP contribution is 2.28. The van der Waals surface area contributed by atoms with Gasteiger partial charge in [0.2, 0.25) is 0 Å². The van der Waals surface area contributed by atoms with Crippen molar-refractivity contribution in [1.82, 2.24) is 4.98 Å². The van der Waals surface area contributed by atoms with Gasteiger partial charge < -0.3 is 16.4 Å². The van der Waals surface area contributed by atoms with Crippen molar-refractivity contribution < 1.29 is 14.0 Å². The lowest BCUT2D eigenvalue weighted by atomic mass is 10.2. The third-order valence-electron chi connectivity index (χ3n) is 2.42. The molecule has 4 N–H and O–H groups in total. The number of amides is 2. The molecule has 0 unspecified atom stereocenters. The molecule has 0 radical (unpaired) electrons. The first-order valence-electron chi connectivity index (χ1n) is 5.57. The third-order valence-corrected chi connectivity index (χ3v) is 3.41. The number of nitrogens with two attached hydrogens (primary N) is 1. The van der Waals surface area contributed by atoms with Crippen LogP contribution in [0.3, 0.4) is 0 Å². The van der Waals surface area contributed by atoms with Crippen LogP contribution < -0.4 is 16.4 Å². The van der Waals surface area contributed by atoms with Gasteiger partial charge in [0.25, 0.3) is 11.8 Å². The van der Waals surface area contributed by atoms with E-state index in [2.05, 4.69) is 15.6 Å². The SMILES string of the molecule is CNc1nc(C(N)=O)c(NC(=O)c2ccccc2F)s1. The van der Waals surface area contributed by atoms with Crippen LogP contribution in [0.1, 0.15) is 20.8 Å². The lowest BCUT2D eigenvalue weighted by Gasteiger charge is -2.04. The third kappa shape index (κ3) is 2.75. The smallest absolute Gasteiger partial charge is 0.270 e. The van der Waals surface area contributed by atoms with E-state index in [4.69, 9.17) is 5.73 Å². The van der Waals surface area contributed by atoms with Gasteiger partial charge in [-0.2, -0.15) is 0 Å². The molecule has 2 rings (SSSR count). The molecule has 2 aromatic rings. The molecule has 0 aliphatic rings. The summed E-state index contributed by atoms with van der Waals surface area (Å²) in [6.45, 7) is 0. The number of carbonyl (C=O) groups is 2. The highest BCUT2D eigenvalue weighted by atomic mass is 32.1. The van der Waals surface area contributed by atoms with Crippen molar-refractivity contribution in [1.29, 1.82) is 0 Å². The molecule has 1 heterocycles. The average Bonchev–Trinajstić information content (AvgIpc) is 2.82. The second kappa shape index (κ2) is 5.66. The summed E-state index contributed by atoms with van der Waals surface area (Å²) in [6, 6.07) is 5.54. The zero-order valence-electron chi connectivity index (χ0n) is 10.4. The predicted molar refractivity (Wildman–Crippen MR) is 74.5 cm³/mol. The summed E-state index contributed by atoms with van der Waals surface area (Å²) in [7, 11) is 1.62. The van der Waals surface area contributed by atoms with E-state index < -0.39 is 17.6 Å². The molecule has 6 nitrogen and oxygen atoms in total. The molecule has 0 aliphatic heterocycles. The molecule has 1 aromatic carbocycles. The van der Waals surface area contributed by atoms with Crippen molar-refractivity contribution in [2.24, 2.45) is 5.73 Å². The number of aromatic nitrogens is 1. The molecule has 2 amide bonds. The zero-order valence-corrected chi connectivity index (χ0v) is 11.3. The molecule has 0 bridgehead atoms. The van der Waals surface area contributed by atoms with Crippen LogP contribution in [-0.4, -0.2) is 23.8 Å². The van der Waals surface area contributed by atoms with E-state index in [0.717, 1.165) is 11.3 Å². The Labute approximate surface area is 117 Å². The lowest BCUT2D eigenvalue weighted by molar-refractivity contribution is 0.0997. The van der Waals surface area contributed by atoms with Crippen LogP contribution >= 0.6 is 11.3 Å². The minimum absolute atomic E-state index is 0.0657. The quantitative estimate of drug-likeness (QED) is 0.799. The van der Waals surface area contributed by atoms with E-state index in [0.29, 0.717) is 5.13 Å². The number of carbonyl (C=O) groups excluding carboxylic acids is 2. The van der Waals surface area contributed by atoms with Crippen molar-refractivity contribution >= 4 is 33.3 Å². The second-order valence-corrected chi connectivity index (χ2v) is 4.74. The Bertz CT molecular complexity index is 671. The van der Waals surface area contributed by atoms with E-state index in [1.165, 1.54) is 18.2 Å². The van der Waals surface area contributed by atoms with Crippen molar-refractivity contribution in [2.75, 3.05) is 17.7 Å². The molecule has 0 spiro atoms. The predicted octanol–water partition coefficient (Wildman–Crippen LogP) is 1.68. The number of rotatable bonds is 4. The fraction of sp³-hybridized carbons (Fsp3) is 0.0833. The summed E-state index contributed by atoms with van der Waals surface area (Å²) in [4.78, 5) is 27.1. The summed E-state index contributed by atoms with van der Waals surface area (Å²) in [6.07, 6.45) is 0. The molecule has 0 fully saturated rings. The maximum Gasteiger partial charge on any atom is 0.270 e. The number of nitrogens with one attached hydrogen (secondary N) is 2. The molecule has 1 aromatic heterocycles. The first-order chi connectivity index (χ1) is 9.52. The van der Waals surface area contributed by atoms with Gasteiger partial charge in [0, 0.05) is 7.05 Å². The van der Waals surface area contributed by atoms with E-state index in [9.17, 15) is 14.0 Å². The Morgan fingerprint density at radius 3 is 2.65 bits per heavy atom. The molecule has 0 saturated carbocycles. The molecule has 104 valence electrons. The number of thiazole rings is 1. The molecule has 20 heavy (non-hydrogen) atoms. The van der Waals surface area contributed by atoms with Gasteiger partial charge in [-0.1, -0.05) is 23.5 Å². The zero-order chi connectivity index (χ0) is 14.7. The van der Waals surface area contributed by atoms with Gasteiger partial charge in [-0.05, 0) is 12.1 Å². The topological polar surface area (TPSA) is 97.1 Å². The maximum absolute atomic E-state index is 13.5. The first kappa shape index (κ1) is 13.9. The van der Waals surface area contributed by atoms with Gasteiger partial charge in [0.15, 0.2) is 10.8 Å². The average molecular weight is 294 g/mol. The lowest BCUT2D eigenvalue weighted by Crippen LogP contribution is -2.18. The molecule has 8 heteroatoms. The fourth-order valence-corrected chi connectivity index (χ4v) is 2.31. The van der Waals surface area contributed by atoms with E-state index in [-0.39, 0.29) is 16.3 Å². The Morgan fingerprint density at radius 1 is 1.35 bits per heavy atom. The first-order valence-corrected chi connectivity index (χ1v) is 6.39. The van der Waals surface area contributed by atoms with Gasteiger partial charge in [-0.25, -0.2) is 9.37 Å². The maximum atomic E-state index is 13.5. The summed E-state index contributed by atoms with van der Waals surface area (Å²) in [5.41, 5.74) is 4.99. The van der Waals surface area contributed by atoms with Crippen LogP contribution in [0.4, 0.5) is 14.5 Å². The highest BCUT2D eigenvalue weighted by Gasteiger charge is 2.19. The van der Waals surface area contributed by atoms with Crippen LogP contribution in [0.5, 0.6) is 0 Å². The number of hydrogen-bond acceptors (Lipinski definition) is 5. The number of primary amides is 1. The largest absolute Gasteiger partial charge is 0.365 e. The number of hydrogen-bond donors (Lipinski definition) is 3. The number of halogens is 1. The molecule has 0 aliphatic carbocycles. The van der Waals surface area contributed by atoms with Crippen molar-refractivity contribution in [3.05, 3.63) is 41.3 Å². The number of anilines is 2. The van der Waals surface area contributed by atoms with Crippen LogP contribution in [0.25, 0.3) is 0 Å². The molecular weight excluding hydrogens is 283 g/mol. The Morgan fingerprint density at radius 2 is 2.05 bits per heavy atom. The van der Waals surface area contributed by atoms with Gasteiger partial charge in [-0.3, -0.25) is 9.59 Å². The standard InChI is InChI=1S/C12H11FN4O2S/c1-15-12-16-8(9(14)18)11(20-12)17-10(19)6-4-2-3-5-7(6)13/h2-5H,1H3,(H2,14,18)(H,15,16)(H,17,19). The minimum atomic E-state index is -0.772. The Balaban J connectivity index is 2.30. The van der Waals surface area contributed by atoms with Gasteiger partial charge in [0.1, 0.15) is 10.8 Å². The van der Waals surface area contributed by atoms with Gasteiger partial charge in [-0.15, -0.1) is 0 Å². The Kier molecular flexibility index (Phi) is 3.94. The number of benzene rings is 1. The van der Waals surface area contributed by atoms with Crippen molar-refractivity contribution in [3.8, 4) is 0 Å². The van der Waals surface area contributed by atoms with E-state index in [1.54, 1.807) is 13.1 Å². The Hall–Kier alpha value is -2.48. The van der Waals surface area contributed by atoms with Crippen molar-refractivity contribution in [2.45, 2.75) is 0 Å². The summed E-state index contributed by atoms with van der Waals surface area (Å²) in [5, 5.41) is 5.78. The summed E-state index contributed by atoms with van der Waals surface area (Å²) < 4.78 is 13.5. The van der Waals surface area contributed by atoms with Crippen molar-refractivity contribution in [3.63, 3.8) is 0 Å². The van der Waals surface area contributed by atoms with E-state index in [1.807, 2.05) is 0 Å². The fourth-order valence-electron chi connectivity index (χ4n) is 1.49. The van der Waals surface area contributed by atoms with Crippen LogP contribution in [0.2, 0.25) is 0 Å². The highest BCUT2D eigenvalue weighted by molar-refractivity contribution is 7.20.